The van der Waals surface area contributed by atoms with Gasteiger partial charge >= 0.3 is 0 Å². The molecular weight excluding hydrogens is 263 g/mol. The standard InChI is InChI=1S/C13H11FN4S/c14-10-8-11(9-4-2-1-3-5-9)18-12(10)16-13(17-18)19-7-6-15/h1-5,10-11H,7-8H2/t10-,11-/m0/s1. The van der Waals surface area contributed by atoms with Crippen LogP contribution in [0.2, 0.25) is 0 Å². The van der Waals surface area contributed by atoms with Crippen molar-refractivity contribution < 1.29 is 4.39 Å². The molecule has 0 unspecified atom stereocenters. The van der Waals surface area contributed by atoms with E-state index < -0.39 is 6.17 Å². The lowest BCUT2D eigenvalue weighted by Crippen LogP contribution is -2.07. The van der Waals surface area contributed by atoms with Gasteiger partial charge in [-0.3, -0.25) is 0 Å². The number of hydrogen-bond acceptors (Lipinski definition) is 4. The molecule has 0 saturated carbocycles. The molecule has 4 nitrogen and oxygen atoms in total. The minimum atomic E-state index is -1.09. The van der Waals surface area contributed by atoms with E-state index in [9.17, 15) is 4.39 Å². The Bertz CT molecular complexity index is 619. The van der Waals surface area contributed by atoms with Crippen molar-refractivity contribution in [2.75, 3.05) is 5.75 Å². The van der Waals surface area contributed by atoms with Gasteiger partial charge in [0.1, 0.15) is 0 Å². The van der Waals surface area contributed by atoms with Crippen LogP contribution in [0.1, 0.15) is 30.0 Å². The predicted molar refractivity (Wildman–Crippen MR) is 69.4 cm³/mol. The zero-order valence-corrected chi connectivity index (χ0v) is 10.8. The number of thioether (sulfide) groups is 1. The summed E-state index contributed by atoms with van der Waals surface area (Å²) in [5.74, 6) is 0.644. The summed E-state index contributed by atoms with van der Waals surface area (Å²) in [4.78, 5) is 4.17. The van der Waals surface area contributed by atoms with E-state index in [0.717, 1.165) is 5.56 Å². The van der Waals surface area contributed by atoms with E-state index in [4.69, 9.17) is 5.26 Å². The summed E-state index contributed by atoms with van der Waals surface area (Å²) < 4.78 is 15.6. The Balaban J connectivity index is 1.93. The van der Waals surface area contributed by atoms with Crippen LogP contribution < -0.4 is 0 Å². The summed E-state index contributed by atoms with van der Waals surface area (Å²) in [5.41, 5.74) is 1.03. The molecule has 0 radical (unpaired) electrons. The van der Waals surface area contributed by atoms with Crippen LogP contribution in [0.25, 0.3) is 0 Å². The van der Waals surface area contributed by atoms with Crippen LogP contribution in [-0.4, -0.2) is 20.5 Å². The van der Waals surface area contributed by atoms with Gasteiger partial charge in [0, 0.05) is 6.42 Å². The van der Waals surface area contributed by atoms with E-state index in [0.29, 0.717) is 17.4 Å². The molecule has 1 aromatic carbocycles. The number of nitriles is 1. The molecule has 0 amide bonds. The largest absolute Gasteiger partial charge is 0.239 e. The molecule has 2 heterocycles. The summed E-state index contributed by atoms with van der Waals surface area (Å²) >= 11 is 1.23. The first-order valence-corrected chi connectivity index (χ1v) is 6.93. The van der Waals surface area contributed by atoms with Gasteiger partial charge < -0.3 is 0 Å². The number of nitrogens with zero attached hydrogens (tertiary/aromatic N) is 4. The molecular formula is C13H11FN4S. The molecule has 2 aromatic rings. The Kier molecular flexibility index (Phi) is 3.22. The Morgan fingerprint density at radius 1 is 1.42 bits per heavy atom. The Morgan fingerprint density at radius 2 is 2.21 bits per heavy atom. The van der Waals surface area contributed by atoms with Gasteiger partial charge in [-0.1, -0.05) is 42.1 Å². The number of alkyl halides is 1. The molecule has 0 spiro atoms. The summed E-state index contributed by atoms with van der Waals surface area (Å²) in [6.07, 6.45) is -0.711. The highest BCUT2D eigenvalue weighted by Gasteiger charge is 2.35. The van der Waals surface area contributed by atoms with Crippen LogP contribution in [0.5, 0.6) is 0 Å². The van der Waals surface area contributed by atoms with E-state index in [1.807, 2.05) is 36.4 Å². The summed E-state index contributed by atoms with van der Waals surface area (Å²) in [5, 5.41) is 13.3. The van der Waals surface area contributed by atoms with Crippen LogP contribution >= 0.6 is 11.8 Å². The highest BCUT2D eigenvalue weighted by Crippen LogP contribution is 2.39. The molecule has 1 aliphatic heterocycles. The smallest absolute Gasteiger partial charge is 0.209 e. The molecule has 0 saturated heterocycles. The average Bonchev–Trinajstić information content (AvgIpc) is 2.98. The molecule has 0 bridgehead atoms. The number of benzene rings is 1. The molecule has 3 rings (SSSR count). The molecule has 1 aromatic heterocycles. The third-order valence-corrected chi connectivity index (χ3v) is 3.80. The first kappa shape index (κ1) is 12.2. The Labute approximate surface area is 114 Å². The van der Waals surface area contributed by atoms with Crippen LogP contribution in [0.3, 0.4) is 0 Å². The molecule has 2 atom stereocenters. The topological polar surface area (TPSA) is 54.5 Å². The quantitative estimate of drug-likeness (QED) is 0.808. The van der Waals surface area contributed by atoms with E-state index in [2.05, 4.69) is 10.1 Å². The lowest BCUT2D eigenvalue weighted by Gasteiger charge is -2.11. The second-order valence-corrected chi connectivity index (χ2v) is 5.22. The Hall–Kier alpha value is -1.87. The van der Waals surface area contributed by atoms with Crippen molar-refractivity contribution in [2.24, 2.45) is 0 Å². The lowest BCUT2D eigenvalue weighted by molar-refractivity contribution is 0.327. The first-order chi connectivity index (χ1) is 9.29. The van der Waals surface area contributed by atoms with Gasteiger partial charge in [0.2, 0.25) is 5.16 Å². The third-order valence-electron chi connectivity index (χ3n) is 3.09. The molecule has 96 valence electrons. The monoisotopic (exact) mass is 274 g/mol. The maximum atomic E-state index is 14.0. The van der Waals surface area contributed by atoms with Gasteiger partial charge in [0.25, 0.3) is 0 Å². The highest BCUT2D eigenvalue weighted by molar-refractivity contribution is 7.99. The molecule has 6 heteroatoms. The van der Waals surface area contributed by atoms with Crippen molar-refractivity contribution in [2.45, 2.75) is 23.8 Å². The van der Waals surface area contributed by atoms with E-state index in [-0.39, 0.29) is 11.8 Å². The zero-order chi connectivity index (χ0) is 13.2. The summed E-state index contributed by atoms with van der Waals surface area (Å²) in [6.45, 7) is 0. The maximum Gasteiger partial charge on any atom is 0.209 e. The van der Waals surface area contributed by atoms with Crippen molar-refractivity contribution >= 4 is 11.8 Å². The van der Waals surface area contributed by atoms with Gasteiger partial charge in [-0.25, -0.2) is 14.1 Å². The second kappa shape index (κ2) is 5.02. The molecule has 0 fully saturated rings. The van der Waals surface area contributed by atoms with Gasteiger partial charge in [-0.15, -0.1) is 5.10 Å². The van der Waals surface area contributed by atoms with Gasteiger partial charge in [0.15, 0.2) is 12.0 Å². The van der Waals surface area contributed by atoms with Crippen molar-refractivity contribution in [3.8, 4) is 6.07 Å². The number of aromatic nitrogens is 3. The third kappa shape index (κ3) is 2.22. The second-order valence-electron chi connectivity index (χ2n) is 4.27. The van der Waals surface area contributed by atoms with Crippen molar-refractivity contribution in [3.63, 3.8) is 0 Å². The van der Waals surface area contributed by atoms with Crippen LogP contribution in [0.15, 0.2) is 35.5 Å². The SMILES string of the molecule is N#CCSc1nc2n(n1)[C@H](c1ccccc1)C[C@@H]2F. The molecule has 1 aliphatic rings. The maximum absolute atomic E-state index is 14.0. The molecule has 19 heavy (non-hydrogen) atoms. The zero-order valence-electron chi connectivity index (χ0n) is 10.0. The minimum absolute atomic E-state index is 0.102. The van der Waals surface area contributed by atoms with E-state index in [1.54, 1.807) is 4.68 Å². The fraction of sp³-hybridized carbons (Fsp3) is 0.308. The van der Waals surface area contributed by atoms with Gasteiger partial charge in [-0.05, 0) is 5.56 Å². The summed E-state index contributed by atoms with van der Waals surface area (Å²) in [7, 11) is 0. The normalized spacial score (nSPS) is 21.1. The first-order valence-electron chi connectivity index (χ1n) is 5.95. The van der Waals surface area contributed by atoms with Crippen molar-refractivity contribution in [1.29, 1.82) is 5.26 Å². The van der Waals surface area contributed by atoms with E-state index >= 15 is 0 Å². The highest BCUT2D eigenvalue weighted by atomic mass is 32.2. The molecule has 0 N–H and O–H groups in total. The van der Waals surface area contributed by atoms with Crippen LogP contribution in [-0.2, 0) is 0 Å². The van der Waals surface area contributed by atoms with Crippen LogP contribution in [0, 0.1) is 11.3 Å². The van der Waals surface area contributed by atoms with Gasteiger partial charge in [0.05, 0.1) is 17.9 Å². The number of halogens is 1. The summed E-state index contributed by atoms with van der Waals surface area (Å²) in [6, 6.07) is 11.6. The lowest BCUT2D eigenvalue weighted by atomic mass is 10.0. The molecule has 0 aliphatic carbocycles. The van der Waals surface area contributed by atoms with Crippen molar-refractivity contribution in [1.82, 2.24) is 14.8 Å². The number of hydrogen-bond donors (Lipinski definition) is 0. The Morgan fingerprint density at radius 3 is 2.95 bits per heavy atom. The van der Waals surface area contributed by atoms with Crippen molar-refractivity contribution in [3.05, 3.63) is 41.7 Å². The van der Waals surface area contributed by atoms with E-state index in [1.165, 1.54) is 11.8 Å². The fourth-order valence-corrected chi connectivity index (χ4v) is 2.77. The minimum Gasteiger partial charge on any atom is -0.239 e. The number of rotatable bonds is 3. The number of fused-ring (bicyclic) bond motifs is 1. The predicted octanol–water partition coefficient (Wildman–Crippen LogP) is 2.90. The fourth-order valence-electron chi connectivity index (χ4n) is 2.27. The van der Waals surface area contributed by atoms with Crippen LogP contribution in [0.4, 0.5) is 4.39 Å². The average molecular weight is 274 g/mol. The van der Waals surface area contributed by atoms with Gasteiger partial charge in [-0.2, -0.15) is 5.26 Å².